The Labute approximate surface area is 175 Å². The van der Waals surface area contributed by atoms with E-state index in [-0.39, 0.29) is 5.91 Å². The predicted octanol–water partition coefficient (Wildman–Crippen LogP) is 4.43. The van der Waals surface area contributed by atoms with Crippen molar-refractivity contribution in [1.82, 2.24) is 9.80 Å². The van der Waals surface area contributed by atoms with Crippen LogP contribution in [0.2, 0.25) is 0 Å². The molecule has 0 aromatic heterocycles. The molecule has 1 saturated heterocycles. The number of amides is 1. The van der Waals surface area contributed by atoms with Gasteiger partial charge in [0.05, 0.1) is 0 Å². The molecule has 1 fully saturated rings. The molecule has 0 bridgehead atoms. The lowest BCUT2D eigenvalue weighted by molar-refractivity contribution is -0.116. The molecule has 0 atom stereocenters. The molecule has 0 unspecified atom stereocenters. The lowest BCUT2D eigenvalue weighted by Crippen LogP contribution is -2.46. The third kappa shape index (κ3) is 7.84. The summed E-state index contributed by atoms with van der Waals surface area (Å²) in [5.41, 5.74) is 3.32. The molecule has 2 aromatic rings. The highest BCUT2D eigenvalue weighted by atomic mass is 16.1. The van der Waals surface area contributed by atoms with Gasteiger partial charge in [-0.25, -0.2) is 0 Å². The molecule has 1 heterocycles. The van der Waals surface area contributed by atoms with Gasteiger partial charge in [0.1, 0.15) is 0 Å². The number of hydrogen-bond acceptors (Lipinski definition) is 3. The Hall–Kier alpha value is -2.43. The van der Waals surface area contributed by atoms with Crippen LogP contribution in [-0.2, 0) is 4.79 Å². The molecule has 29 heavy (non-hydrogen) atoms. The molecule has 4 heteroatoms. The van der Waals surface area contributed by atoms with Crippen molar-refractivity contribution < 1.29 is 4.79 Å². The van der Waals surface area contributed by atoms with E-state index in [0.717, 1.165) is 63.4 Å². The molecule has 2 aromatic carbocycles. The molecule has 154 valence electrons. The van der Waals surface area contributed by atoms with E-state index in [4.69, 9.17) is 0 Å². The molecule has 1 aliphatic heterocycles. The van der Waals surface area contributed by atoms with Crippen molar-refractivity contribution in [2.75, 3.05) is 44.6 Å². The van der Waals surface area contributed by atoms with Crippen molar-refractivity contribution in [2.24, 2.45) is 0 Å². The van der Waals surface area contributed by atoms with Crippen LogP contribution in [-0.4, -0.2) is 55.0 Å². The largest absolute Gasteiger partial charge is 0.326 e. The zero-order valence-electron chi connectivity index (χ0n) is 17.5. The Bertz CT molecular complexity index is 780. The predicted molar refractivity (Wildman–Crippen MR) is 122 cm³/mol. The molecule has 0 aliphatic carbocycles. The Balaban J connectivity index is 1.25. The van der Waals surface area contributed by atoms with E-state index in [1.165, 1.54) is 5.56 Å². The quantitative estimate of drug-likeness (QED) is 0.642. The number of carbonyl (C=O) groups is 1. The first-order valence-electron chi connectivity index (χ1n) is 10.7. The molecule has 1 aliphatic rings. The number of anilines is 1. The summed E-state index contributed by atoms with van der Waals surface area (Å²) < 4.78 is 0. The number of rotatable bonds is 9. The average molecular weight is 392 g/mol. The van der Waals surface area contributed by atoms with Gasteiger partial charge in [0.15, 0.2) is 0 Å². The van der Waals surface area contributed by atoms with Crippen molar-refractivity contribution >= 4 is 17.7 Å². The van der Waals surface area contributed by atoms with Gasteiger partial charge in [-0.1, -0.05) is 54.6 Å². The Kier molecular flexibility index (Phi) is 8.47. The first-order chi connectivity index (χ1) is 14.2. The standard InChI is InChI=1S/C25H33N3O/c1-22-9-7-13-24(21-22)26-25(29)14-5-6-15-27-17-19-28(20-18-27)16-8-12-23-10-3-2-4-11-23/h2-4,7-13,21H,5-6,14-20H2,1H3,(H,26,29)/b12-8+. The van der Waals surface area contributed by atoms with Crippen LogP contribution in [0.3, 0.4) is 0 Å². The van der Waals surface area contributed by atoms with Gasteiger partial charge in [0.2, 0.25) is 5.91 Å². The fraction of sp³-hybridized carbons (Fsp3) is 0.400. The van der Waals surface area contributed by atoms with Crippen molar-refractivity contribution in [3.8, 4) is 0 Å². The van der Waals surface area contributed by atoms with Crippen LogP contribution >= 0.6 is 0 Å². The van der Waals surface area contributed by atoms with E-state index < -0.39 is 0 Å². The number of nitrogens with one attached hydrogen (secondary N) is 1. The molecule has 0 radical (unpaired) electrons. The van der Waals surface area contributed by atoms with E-state index in [1.807, 2.05) is 37.3 Å². The number of unbranched alkanes of at least 4 members (excludes halogenated alkanes) is 1. The van der Waals surface area contributed by atoms with Crippen LogP contribution in [0.15, 0.2) is 60.7 Å². The van der Waals surface area contributed by atoms with Gasteiger partial charge in [-0.15, -0.1) is 0 Å². The van der Waals surface area contributed by atoms with Crippen molar-refractivity contribution in [3.05, 3.63) is 71.8 Å². The zero-order valence-corrected chi connectivity index (χ0v) is 17.5. The highest BCUT2D eigenvalue weighted by Crippen LogP contribution is 2.11. The molecule has 1 amide bonds. The van der Waals surface area contributed by atoms with Gasteiger partial charge >= 0.3 is 0 Å². The molecule has 0 saturated carbocycles. The average Bonchev–Trinajstić information content (AvgIpc) is 2.73. The van der Waals surface area contributed by atoms with Gasteiger partial charge in [0, 0.05) is 44.8 Å². The van der Waals surface area contributed by atoms with Gasteiger partial charge in [-0.2, -0.15) is 0 Å². The van der Waals surface area contributed by atoms with E-state index in [9.17, 15) is 4.79 Å². The molecule has 0 spiro atoms. The summed E-state index contributed by atoms with van der Waals surface area (Å²) in [6, 6.07) is 18.4. The van der Waals surface area contributed by atoms with Crippen molar-refractivity contribution in [3.63, 3.8) is 0 Å². The molecule has 1 N–H and O–H groups in total. The minimum atomic E-state index is 0.116. The monoisotopic (exact) mass is 391 g/mol. The van der Waals surface area contributed by atoms with Gasteiger partial charge in [-0.3, -0.25) is 9.69 Å². The summed E-state index contributed by atoms with van der Waals surface area (Å²) in [7, 11) is 0. The zero-order chi connectivity index (χ0) is 20.3. The molecular weight excluding hydrogens is 358 g/mol. The lowest BCUT2D eigenvalue weighted by Gasteiger charge is -2.34. The highest BCUT2D eigenvalue weighted by Gasteiger charge is 2.15. The van der Waals surface area contributed by atoms with Crippen molar-refractivity contribution in [2.45, 2.75) is 26.2 Å². The maximum Gasteiger partial charge on any atom is 0.224 e. The number of carbonyl (C=O) groups excluding carboxylic acids is 1. The number of benzene rings is 2. The second-order valence-electron chi connectivity index (χ2n) is 7.83. The smallest absolute Gasteiger partial charge is 0.224 e. The maximum atomic E-state index is 12.1. The van der Waals surface area contributed by atoms with E-state index in [0.29, 0.717) is 6.42 Å². The van der Waals surface area contributed by atoms with E-state index in [2.05, 4.69) is 51.5 Å². The fourth-order valence-corrected chi connectivity index (χ4v) is 3.66. The second-order valence-corrected chi connectivity index (χ2v) is 7.83. The van der Waals surface area contributed by atoms with Crippen LogP contribution in [0.5, 0.6) is 0 Å². The SMILES string of the molecule is Cc1cccc(NC(=O)CCCCN2CCN(C/C=C/c3ccccc3)CC2)c1. The number of piperazine rings is 1. The molecular formula is C25H33N3O. The summed E-state index contributed by atoms with van der Waals surface area (Å²) in [5, 5.41) is 2.99. The summed E-state index contributed by atoms with van der Waals surface area (Å²) in [6.07, 6.45) is 7.08. The Morgan fingerprint density at radius 3 is 2.48 bits per heavy atom. The summed E-state index contributed by atoms with van der Waals surface area (Å²) in [4.78, 5) is 17.1. The van der Waals surface area contributed by atoms with Crippen LogP contribution in [0.25, 0.3) is 6.08 Å². The van der Waals surface area contributed by atoms with Crippen molar-refractivity contribution in [1.29, 1.82) is 0 Å². The van der Waals surface area contributed by atoms with Crippen LogP contribution < -0.4 is 5.32 Å². The third-order valence-corrected chi connectivity index (χ3v) is 5.37. The number of hydrogen-bond donors (Lipinski definition) is 1. The minimum absolute atomic E-state index is 0.116. The Morgan fingerprint density at radius 1 is 0.966 bits per heavy atom. The summed E-state index contributed by atoms with van der Waals surface area (Å²) in [6.45, 7) is 8.62. The second kappa shape index (κ2) is 11.5. The normalized spacial score (nSPS) is 15.6. The first-order valence-corrected chi connectivity index (χ1v) is 10.7. The first kappa shape index (κ1) is 21.3. The fourth-order valence-electron chi connectivity index (χ4n) is 3.66. The Morgan fingerprint density at radius 2 is 1.72 bits per heavy atom. The van der Waals surface area contributed by atoms with Gasteiger partial charge < -0.3 is 10.2 Å². The van der Waals surface area contributed by atoms with Gasteiger partial charge in [-0.05, 0) is 49.6 Å². The number of aryl methyl sites for hydroxylation is 1. The summed E-state index contributed by atoms with van der Waals surface area (Å²) >= 11 is 0. The van der Waals surface area contributed by atoms with E-state index in [1.54, 1.807) is 0 Å². The van der Waals surface area contributed by atoms with Gasteiger partial charge in [0.25, 0.3) is 0 Å². The highest BCUT2D eigenvalue weighted by molar-refractivity contribution is 5.90. The molecule has 4 nitrogen and oxygen atoms in total. The topological polar surface area (TPSA) is 35.6 Å². The van der Waals surface area contributed by atoms with Crippen LogP contribution in [0.4, 0.5) is 5.69 Å². The lowest BCUT2D eigenvalue weighted by atomic mass is 10.2. The van der Waals surface area contributed by atoms with Crippen LogP contribution in [0.1, 0.15) is 30.4 Å². The van der Waals surface area contributed by atoms with E-state index >= 15 is 0 Å². The number of nitrogens with zero attached hydrogens (tertiary/aromatic N) is 2. The molecule has 3 rings (SSSR count). The maximum absolute atomic E-state index is 12.1. The summed E-state index contributed by atoms with van der Waals surface area (Å²) in [5.74, 6) is 0.116. The minimum Gasteiger partial charge on any atom is -0.326 e. The van der Waals surface area contributed by atoms with Crippen LogP contribution in [0, 0.1) is 6.92 Å². The third-order valence-electron chi connectivity index (χ3n) is 5.37.